The molecule has 0 bridgehead atoms. The first kappa shape index (κ1) is 72.0. The third-order valence-corrected chi connectivity index (χ3v) is 27.1. The Bertz CT molecular complexity index is 4710. The van der Waals surface area contributed by atoms with E-state index in [1.165, 1.54) is 150 Å². The minimum atomic E-state index is -0.237. The van der Waals surface area contributed by atoms with Crippen LogP contribution in [0.25, 0.3) is 95.4 Å². The summed E-state index contributed by atoms with van der Waals surface area (Å²) in [7, 11) is 0. The van der Waals surface area contributed by atoms with Gasteiger partial charge in [-0.05, 0) is 109 Å². The van der Waals surface area contributed by atoms with Crippen molar-refractivity contribution >= 4 is 187 Å². The second-order valence-corrected chi connectivity index (χ2v) is 33.0. The van der Waals surface area contributed by atoms with E-state index < -0.39 is 0 Å². The molecule has 7 aromatic heterocycles. The molecule has 99 heavy (non-hydrogen) atoms. The molecule has 2 atom stereocenters. The number of rotatable bonds is 34. The number of fused-ring (bicyclic) bond motifs is 16. The van der Waals surface area contributed by atoms with Crippen LogP contribution in [-0.4, -0.2) is 29.4 Å². The number of aromatic nitrogens is 4. The first-order valence-corrected chi connectivity index (χ1v) is 41.4. The third kappa shape index (κ3) is 14.1. The van der Waals surface area contributed by atoms with Gasteiger partial charge in [-0.15, -0.1) is 45.3 Å². The molecule has 3 aromatic carbocycles. The van der Waals surface area contributed by atoms with Crippen molar-refractivity contribution in [2.75, 3.05) is 0 Å². The van der Waals surface area contributed by atoms with Crippen LogP contribution in [0, 0.1) is 57.2 Å². The van der Waals surface area contributed by atoms with E-state index in [0.717, 1.165) is 147 Å². The van der Waals surface area contributed by atoms with Crippen molar-refractivity contribution in [2.45, 2.75) is 234 Å². The van der Waals surface area contributed by atoms with Gasteiger partial charge < -0.3 is 9.13 Å². The number of Topliss-reactive ketones (excluding diaryl/α,β-unsaturated/α-hetero) is 2. The van der Waals surface area contributed by atoms with Crippen molar-refractivity contribution in [3.8, 4) is 24.3 Å². The lowest BCUT2D eigenvalue weighted by molar-refractivity contribution is 0.103. The fourth-order valence-electron chi connectivity index (χ4n) is 15.6. The molecule has 12 rings (SSSR count). The zero-order valence-corrected chi connectivity index (χ0v) is 63.8. The van der Waals surface area contributed by atoms with Gasteiger partial charge in [-0.1, -0.05) is 218 Å². The molecule has 2 aliphatic carbocycles. The summed E-state index contributed by atoms with van der Waals surface area (Å²) in [5.41, 5.74) is 12.2. The Balaban J connectivity index is 1.13. The van der Waals surface area contributed by atoms with Crippen LogP contribution < -0.4 is 0 Å². The zero-order valence-electron chi connectivity index (χ0n) is 58.2. The molecule has 0 fully saturated rings. The van der Waals surface area contributed by atoms with Crippen molar-refractivity contribution in [1.82, 2.24) is 17.9 Å². The minimum Gasteiger partial charge on any atom is -0.337 e. The quantitative estimate of drug-likeness (QED) is 0.0218. The summed E-state index contributed by atoms with van der Waals surface area (Å²) in [4.78, 5) is 31.7. The Hall–Kier alpha value is -6.76. The highest BCUT2D eigenvalue weighted by molar-refractivity contribution is 7.34. The number of nitriles is 4. The molecule has 0 radical (unpaired) electrons. The molecule has 0 aliphatic heterocycles. The summed E-state index contributed by atoms with van der Waals surface area (Å²) in [6.45, 7) is 15.4. The topological polar surface area (TPSA) is 165 Å². The lowest BCUT2D eigenvalue weighted by Crippen LogP contribution is -2.13. The van der Waals surface area contributed by atoms with Crippen molar-refractivity contribution in [1.29, 1.82) is 21.0 Å². The molecular weight excluding hydrogens is 1360 g/mol. The number of allylic oxidation sites excluding steroid dienone is 6. The predicted octanol–water partition coefficient (Wildman–Crippen LogP) is 26.5. The smallest absolute Gasteiger partial charge is 0.194 e. The lowest BCUT2D eigenvalue weighted by Gasteiger charge is -2.20. The number of aryl methyl sites for hydroxylation is 2. The standard InChI is InChI=1S/C82H88Cl2N8O2S5/c1-7-13-17-19-21-23-25-27-29-33-57-63(41-61-65(51(43-85)44-86)55-37-35-53(83)39-59(55)75(61)93)95-81-73-79(97-77(57)81)67-69-70(90-99-89-69)68-72(71(67)91(73)47-49(11-5)31-15-9-3)92(48-50(12-6)32-16-10-4)74-80(68)98-78-58(34-30-28-26-24-22-20-18-14-8-2)64(96-82(74)78)42-62-66(52(45-87)46-88)56-38-36-54(84)40-60(56)76(62)94/h35-42,49-50H,7-34,47-48H2,1-6H3/b61-41-,62-42-/t49-,50-/m1/s1. The van der Waals surface area contributed by atoms with Crippen LogP contribution in [-0.2, 0) is 25.9 Å². The summed E-state index contributed by atoms with van der Waals surface area (Å²) < 4.78 is 23.4. The molecule has 0 N–H and O–H groups in total. The van der Waals surface area contributed by atoms with E-state index in [0.29, 0.717) is 66.4 Å². The van der Waals surface area contributed by atoms with E-state index in [9.17, 15) is 30.6 Å². The summed E-state index contributed by atoms with van der Waals surface area (Å²) in [5.74, 6) is 0.263. The number of nitrogens with zero attached hydrogens (tertiary/aromatic N) is 8. The highest BCUT2D eigenvalue weighted by Gasteiger charge is 2.38. The number of ketones is 2. The Morgan fingerprint density at radius 2 is 0.818 bits per heavy atom. The zero-order chi connectivity index (χ0) is 69.4. The molecule has 10 aromatic rings. The molecule has 2 aliphatic rings. The highest BCUT2D eigenvalue weighted by Crippen LogP contribution is 2.56. The summed E-state index contributed by atoms with van der Waals surface area (Å²) in [6, 6.07) is 18.9. The minimum absolute atomic E-state index is 0.0950. The SMILES string of the molecule is CCCCCCCCCCCc1c(/C=C2\C(=O)c3cc(Cl)ccc3C2=C(C#N)C#N)sc2c1sc1c3c4nsnc4c4c5sc6c(CCCCCCCCCCC)c(/C=C7\C(=O)c8cc(Cl)ccc8C7=C(C#N)C#N)sc6c5n(C[C@H](CC)CCCC)c4c3n(C[C@H](CC)CCCC)c21. The second kappa shape index (κ2) is 32.9. The van der Waals surface area contributed by atoms with Crippen molar-refractivity contribution in [3.63, 3.8) is 0 Å². The van der Waals surface area contributed by atoms with E-state index in [2.05, 4.69) is 75.0 Å². The molecule has 512 valence electrons. The average molecular weight is 1450 g/mol. The first-order valence-electron chi connectivity index (χ1n) is 36.7. The van der Waals surface area contributed by atoms with Crippen LogP contribution in [0.5, 0.6) is 0 Å². The predicted molar refractivity (Wildman–Crippen MR) is 422 cm³/mol. The Morgan fingerprint density at radius 3 is 1.17 bits per heavy atom. The molecule has 0 spiro atoms. The number of hydrogen-bond donors (Lipinski definition) is 0. The highest BCUT2D eigenvalue weighted by atomic mass is 35.5. The molecule has 0 amide bonds. The summed E-state index contributed by atoms with van der Waals surface area (Å²) in [5, 5.41) is 45.2. The Morgan fingerprint density at radius 1 is 0.455 bits per heavy atom. The van der Waals surface area contributed by atoms with Crippen LogP contribution in [0.15, 0.2) is 58.7 Å². The van der Waals surface area contributed by atoms with Gasteiger partial charge in [0, 0.05) is 77.1 Å². The maximum Gasteiger partial charge on any atom is 0.194 e. The van der Waals surface area contributed by atoms with Gasteiger partial charge in [0.2, 0.25) is 0 Å². The Labute approximate surface area is 613 Å². The van der Waals surface area contributed by atoms with Crippen LogP contribution in [0.1, 0.15) is 261 Å². The number of carbonyl (C=O) groups excluding carboxylic acids is 2. The van der Waals surface area contributed by atoms with Gasteiger partial charge in [-0.25, -0.2) is 0 Å². The largest absolute Gasteiger partial charge is 0.337 e. The van der Waals surface area contributed by atoms with Gasteiger partial charge in [-0.3, -0.25) is 9.59 Å². The van der Waals surface area contributed by atoms with Gasteiger partial charge in [-0.2, -0.15) is 29.8 Å². The van der Waals surface area contributed by atoms with E-state index in [1.54, 1.807) is 59.1 Å². The molecule has 10 nitrogen and oxygen atoms in total. The monoisotopic (exact) mass is 1450 g/mol. The summed E-state index contributed by atoms with van der Waals surface area (Å²) >= 11 is 21.7. The normalized spacial score (nSPS) is 14.6. The van der Waals surface area contributed by atoms with Gasteiger partial charge in [0.15, 0.2) is 11.6 Å². The molecular formula is C82H88Cl2N8O2S5. The fourth-order valence-corrected chi connectivity index (χ4v) is 22.4. The van der Waals surface area contributed by atoms with Crippen molar-refractivity contribution in [2.24, 2.45) is 11.8 Å². The van der Waals surface area contributed by atoms with E-state index in [1.807, 2.05) is 34.8 Å². The van der Waals surface area contributed by atoms with Crippen LogP contribution in [0.3, 0.4) is 0 Å². The first-order chi connectivity index (χ1) is 48.4. The number of halogens is 2. The fraction of sp³-hybridized carbons (Fsp3) is 0.463. The number of thiophene rings is 4. The van der Waals surface area contributed by atoms with E-state index >= 15 is 0 Å². The second-order valence-electron chi connectivity index (χ2n) is 27.5. The molecule has 17 heteroatoms. The van der Waals surface area contributed by atoms with Crippen LogP contribution in [0.2, 0.25) is 10.0 Å². The Kier molecular flexibility index (Phi) is 24.0. The number of hydrogen-bond acceptors (Lipinski definition) is 13. The van der Waals surface area contributed by atoms with Gasteiger partial charge in [0.05, 0.1) is 62.0 Å². The van der Waals surface area contributed by atoms with Crippen LogP contribution >= 0.6 is 80.3 Å². The maximum atomic E-state index is 14.9. The number of carbonyl (C=O) groups is 2. The average Bonchev–Trinajstić information content (AvgIpc) is 1.51. The molecule has 0 saturated carbocycles. The van der Waals surface area contributed by atoms with Gasteiger partial charge in [0.25, 0.3) is 0 Å². The molecule has 0 unspecified atom stereocenters. The van der Waals surface area contributed by atoms with E-state index in [4.69, 9.17) is 31.9 Å². The maximum absolute atomic E-state index is 14.9. The molecule has 0 saturated heterocycles. The lowest BCUT2D eigenvalue weighted by atomic mass is 9.98. The summed E-state index contributed by atoms with van der Waals surface area (Å²) in [6.07, 6.45) is 35.8. The van der Waals surface area contributed by atoms with Gasteiger partial charge in [0.1, 0.15) is 46.5 Å². The number of unbranched alkanes of at least 4 members (excludes halogenated alkanes) is 18. The number of benzene rings is 3. The van der Waals surface area contributed by atoms with E-state index in [-0.39, 0.29) is 22.7 Å². The van der Waals surface area contributed by atoms with Crippen molar-refractivity contribution < 1.29 is 9.59 Å². The van der Waals surface area contributed by atoms with Crippen molar-refractivity contribution in [3.05, 3.63) is 112 Å². The van der Waals surface area contributed by atoms with Crippen LogP contribution in [0.4, 0.5) is 0 Å². The van der Waals surface area contributed by atoms with Gasteiger partial charge >= 0.3 is 0 Å². The third-order valence-electron chi connectivity index (χ3n) is 21.0. The molecule has 7 heterocycles.